The lowest BCUT2D eigenvalue weighted by atomic mass is 10.1. The molecule has 0 atom stereocenters. The molecule has 1 aromatic carbocycles. The number of hydrogen-bond acceptors (Lipinski definition) is 6. The molecule has 3 aromatic rings. The van der Waals surface area contributed by atoms with E-state index in [-0.39, 0.29) is 0 Å². The van der Waals surface area contributed by atoms with Crippen LogP contribution in [0.15, 0.2) is 45.6 Å². The Morgan fingerprint density at radius 2 is 2.05 bits per heavy atom. The first-order valence-electron chi connectivity index (χ1n) is 6.42. The van der Waals surface area contributed by atoms with Gasteiger partial charge in [-0.1, -0.05) is 23.9 Å². The molecule has 2 heterocycles. The van der Waals surface area contributed by atoms with Crippen molar-refractivity contribution in [1.82, 2.24) is 9.97 Å². The molecule has 6 heteroatoms. The number of thioether (sulfide) groups is 1. The van der Waals surface area contributed by atoms with Crippen molar-refractivity contribution in [2.24, 2.45) is 0 Å². The Hall–Kier alpha value is -1.37. The SMILES string of the molecule is COc1ccc(Cc2nc(CSc3nccs3)cs2)cc1. The summed E-state index contributed by atoms with van der Waals surface area (Å²) < 4.78 is 6.27. The first kappa shape index (κ1) is 14.6. The average molecular weight is 334 g/mol. The van der Waals surface area contributed by atoms with E-state index in [2.05, 4.69) is 22.5 Å². The van der Waals surface area contributed by atoms with Gasteiger partial charge in [-0.15, -0.1) is 22.7 Å². The molecule has 0 radical (unpaired) electrons. The number of ether oxygens (including phenoxy) is 1. The van der Waals surface area contributed by atoms with E-state index in [1.807, 2.05) is 23.7 Å². The number of benzene rings is 1. The molecule has 0 fully saturated rings. The largest absolute Gasteiger partial charge is 0.497 e. The molecule has 0 N–H and O–H groups in total. The van der Waals surface area contributed by atoms with Crippen LogP contribution in [0.3, 0.4) is 0 Å². The van der Waals surface area contributed by atoms with E-state index in [9.17, 15) is 0 Å². The van der Waals surface area contributed by atoms with Crippen LogP contribution in [0.5, 0.6) is 5.75 Å². The third-order valence-electron chi connectivity index (χ3n) is 2.87. The maximum Gasteiger partial charge on any atom is 0.150 e. The van der Waals surface area contributed by atoms with Crippen molar-refractivity contribution in [3.63, 3.8) is 0 Å². The molecule has 21 heavy (non-hydrogen) atoms. The van der Waals surface area contributed by atoms with Crippen LogP contribution in [0.1, 0.15) is 16.3 Å². The molecule has 2 aromatic heterocycles. The summed E-state index contributed by atoms with van der Waals surface area (Å²) in [6.45, 7) is 0. The van der Waals surface area contributed by atoms with E-state index in [0.717, 1.165) is 33.0 Å². The van der Waals surface area contributed by atoms with E-state index >= 15 is 0 Å². The van der Waals surface area contributed by atoms with Gasteiger partial charge in [-0.3, -0.25) is 0 Å². The van der Waals surface area contributed by atoms with Crippen LogP contribution in [-0.2, 0) is 12.2 Å². The maximum absolute atomic E-state index is 5.17. The zero-order valence-electron chi connectivity index (χ0n) is 11.5. The predicted octanol–water partition coefficient (Wildman–Crippen LogP) is 4.49. The highest BCUT2D eigenvalue weighted by molar-refractivity contribution is 8.00. The van der Waals surface area contributed by atoms with Gasteiger partial charge in [0.05, 0.1) is 17.8 Å². The molecular formula is C15H14N2OS3. The highest BCUT2D eigenvalue weighted by Gasteiger charge is 2.05. The van der Waals surface area contributed by atoms with Gasteiger partial charge in [0.25, 0.3) is 0 Å². The van der Waals surface area contributed by atoms with Crippen molar-refractivity contribution in [1.29, 1.82) is 0 Å². The third-order valence-corrected chi connectivity index (χ3v) is 5.76. The molecule has 0 aliphatic carbocycles. The summed E-state index contributed by atoms with van der Waals surface area (Å²) in [6.07, 6.45) is 2.71. The predicted molar refractivity (Wildman–Crippen MR) is 89.6 cm³/mol. The van der Waals surface area contributed by atoms with E-state index in [1.165, 1.54) is 5.56 Å². The summed E-state index contributed by atoms with van der Waals surface area (Å²) in [5.41, 5.74) is 2.38. The monoisotopic (exact) mass is 334 g/mol. The fourth-order valence-electron chi connectivity index (χ4n) is 1.83. The lowest BCUT2D eigenvalue weighted by molar-refractivity contribution is 0.414. The van der Waals surface area contributed by atoms with Gasteiger partial charge < -0.3 is 4.74 Å². The molecule has 3 nitrogen and oxygen atoms in total. The van der Waals surface area contributed by atoms with Gasteiger partial charge in [0.15, 0.2) is 0 Å². The summed E-state index contributed by atoms with van der Waals surface area (Å²) in [7, 11) is 1.68. The van der Waals surface area contributed by atoms with Crippen molar-refractivity contribution in [3.05, 3.63) is 57.5 Å². The standard InChI is InChI=1S/C15H14N2OS3/c1-18-13-4-2-11(3-5-13)8-14-17-12(9-20-14)10-21-15-16-6-7-19-15/h2-7,9H,8,10H2,1H3. The van der Waals surface area contributed by atoms with Crippen LogP contribution in [-0.4, -0.2) is 17.1 Å². The molecule has 0 spiro atoms. The van der Waals surface area contributed by atoms with Crippen molar-refractivity contribution >= 4 is 34.4 Å². The average Bonchev–Trinajstić information content (AvgIpc) is 3.17. The summed E-state index contributed by atoms with van der Waals surface area (Å²) in [6, 6.07) is 8.15. The molecule has 0 saturated heterocycles. The van der Waals surface area contributed by atoms with E-state index in [1.54, 1.807) is 41.5 Å². The normalized spacial score (nSPS) is 10.7. The number of hydrogen-bond donors (Lipinski definition) is 0. The topological polar surface area (TPSA) is 35.0 Å². The number of thiazole rings is 2. The van der Waals surface area contributed by atoms with E-state index in [0.29, 0.717) is 0 Å². The first-order chi connectivity index (χ1) is 10.3. The van der Waals surface area contributed by atoms with Crippen molar-refractivity contribution in [2.75, 3.05) is 7.11 Å². The summed E-state index contributed by atoms with van der Waals surface area (Å²) >= 11 is 5.13. The van der Waals surface area contributed by atoms with Crippen LogP contribution in [0.25, 0.3) is 0 Å². The first-order valence-corrected chi connectivity index (χ1v) is 9.16. The zero-order chi connectivity index (χ0) is 14.5. The van der Waals surface area contributed by atoms with E-state index in [4.69, 9.17) is 9.72 Å². The highest BCUT2D eigenvalue weighted by Crippen LogP contribution is 2.26. The van der Waals surface area contributed by atoms with Crippen LogP contribution in [0, 0.1) is 0 Å². The minimum absolute atomic E-state index is 0.872. The Kier molecular flexibility index (Phi) is 4.90. The fourth-order valence-corrected chi connectivity index (χ4v) is 4.30. The maximum atomic E-state index is 5.17. The van der Waals surface area contributed by atoms with Gasteiger partial charge in [-0.05, 0) is 17.7 Å². The number of aromatic nitrogens is 2. The minimum atomic E-state index is 0.872. The molecule has 0 unspecified atom stereocenters. The Labute approximate surface area is 136 Å². The van der Waals surface area contributed by atoms with Crippen LogP contribution < -0.4 is 4.74 Å². The number of nitrogens with zero attached hydrogens (tertiary/aromatic N) is 2. The smallest absolute Gasteiger partial charge is 0.150 e. The molecular weight excluding hydrogens is 320 g/mol. The molecule has 0 saturated carbocycles. The van der Waals surface area contributed by atoms with Gasteiger partial charge >= 0.3 is 0 Å². The number of rotatable bonds is 6. The molecule has 0 amide bonds. The van der Waals surface area contributed by atoms with Crippen LogP contribution in [0.4, 0.5) is 0 Å². The molecule has 0 aliphatic heterocycles. The Balaban J connectivity index is 1.59. The Bertz CT molecular complexity index is 677. The summed E-state index contributed by atoms with van der Waals surface area (Å²) in [5, 5.41) is 5.28. The van der Waals surface area contributed by atoms with Gasteiger partial charge in [-0.2, -0.15) is 0 Å². The second-order valence-electron chi connectivity index (χ2n) is 4.34. The van der Waals surface area contributed by atoms with Crippen LogP contribution >= 0.6 is 34.4 Å². The van der Waals surface area contributed by atoms with Crippen molar-refractivity contribution in [3.8, 4) is 5.75 Å². The number of methoxy groups -OCH3 is 1. The summed E-state index contributed by atoms with van der Waals surface area (Å²) in [4.78, 5) is 8.96. The van der Waals surface area contributed by atoms with Gasteiger partial charge in [0, 0.05) is 29.1 Å². The highest BCUT2D eigenvalue weighted by atomic mass is 32.2. The minimum Gasteiger partial charge on any atom is -0.497 e. The van der Waals surface area contributed by atoms with Crippen molar-refractivity contribution < 1.29 is 4.74 Å². The van der Waals surface area contributed by atoms with Gasteiger partial charge in [-0.25, -0.2) is 9.97 Å². The molecule has 3 rings (SSSR count). The zero-order valence-corrected chi connectivity index (χ0v) is 13.9. The van der Waals surface area contributed by atoms with Gasteiger partial charge in [0.2, 0.25) is 0 Å². The summed E-state index contributed by atoms with van der Waals surface area (Å²) in [5.74, 6) is 1.77. The molecule has 108 valence electrons. The fraction of sp³-hybridized carbons (Fsp3) is 0.200. The van der Waals surface area contributed by atoms with Crippen LogP contribution in [0.2, 0.25) is 0 Å². The Morgan fingerprint density at radius 1 is 1.19 bits per heavy atom. The quantitative estimate of drug-likeness (QED) is 0.622. The third kappa shape index (κ3) is 4.06. The lowest BCUT2D eigenvalue weighted by Gasteiger charge is -2.01. The Morgan fingerprint density at radius 3 is 2.76 bits per heavy atom. The van der Waals surface area contributed by atoms with Gasteiger partial charge in [0.1, 0.15) is 10.1 Å². The second kappa shape index (κ2) is 7.06. The lowest BCUT2D eigenvalue weighted by Crippen LogP contribution is -1.89. The molecule has 0 aliphatic rings. The van der Waals surface area contributed by atoms with Crippen molar-refractivity contribution in [2.45, 2.75) is 16.5 Å². The van der Waals surface area contributed by atoms with E-state index < -0.39 is 0 Å². The second-order valence-corrected chi connectivity index (χ2v) is 7.40. The molecule has 0 bridgehead atoms.